The van der Waals surface area contributed by atoms with Gasteiger partial charge in [-0.05, 0) is 37.5 Å². The highest BCUT2D eigenvalue weighted by molar-refractivity contribution is 7.98. The molecule has 12 heteroatoms. The molecule has 0 fully saturated rings. The number of amides is 1. The van der Waals surface area contributed by atoms with Crippen LogP contribution in [0, 0.1) is 12.7 Å². The van der Waals surface area contributed by atoms with Crippen LogP contribution in [0.25, 0.3) is 10.7 Å². The molecule has 1 amide bonds. The zero-order valence-corrected chi connectivity index (χ0v) is 19.6. The number of aryl methyl sites for hydroxylation is 2. The Morgan fingerprint density at radius 3 is 2.74 bits per heavy atom. The maximum Gasteiger partial charge on any atom is 0.244 e. The van der Waals surface area contributed by atoms with Gasteiger partial charge in [-0.15, -0.1) is 0 Å². The summed E-state index contributed by atoms with van der Waals surface area (Å²) < 4.78 is 43.5. The zero-order chi connectivity index (χ0) is 22.6. The second-order valence-electron chi connectivity index (χ2n) is 6.67. The monoisotopic (exact) mass is 483 g/mol. The van der Waals surface area contributed by atoms with E-state index in [-0.39, 0.29) is 6.42 Å². The number of sulfonamides is 1. The SMILES string of the molecule is CSCCC(NS(=O)(=O)c1ccccc1F)C(=O)Nc1nc(C)c(-c2nccn2C)s1. The van der Waals surface area contributed by atoms with E-state index in [1.807, 2.05) is 31.0 Å². The van der Waals surface area contributed by atoms with Crippen molar-refractivity contribution in [3.63, 3.8) is 0 Å². The molecular weight excluding hydrogens is 461 g/mol. The lowest BCUT2D eigenvalue weighted by Crippen LogP contribution is -2.44. The summed E-state index contributed by atoms with van der Waals surface area (Å²) in [4.78, 5) is 21.9. The first-order valence-corrected chi connectivity index (χ1v) is 12.9. The molecule has 0 bridgehead atoms. The van der Waals surface area contributed by atoms with Crippen molar-refractivity contribution in [2.75, 3.05) is 17.3 Å². The Balaban J connectivity index is 1.81. The Labute approximate surface area is 188 Å². The summed E-state index contributed by atoms with van der Waals surface area (Å²) in [6.07, 6.45) is 5.56. The molecule has 0 aliphatic rings. The van der Waals surface area contributed by atoms with Crippen molar-refractivity contribution in [3.05, 3.63) is 48.2 Å². The van der Waals surface area contributed by atoms with Gasteiger partial charge in [0.2, 0.25) is 15.9 Å². The maximum atomic E-state index is 14.0. The molecule has 3 rings (SSSR count). The highest BCUT2D eigenvalue weighted by Gasteiger charge is 2.28. The van der Waals surface area contributed by atoms with Gasteiger partial charge in [-0.2, -0.15) is 16.5 Å². The molecule has 3 aromatic rings. The summed E-state index contributed by atoms with van der Waals surface area (Å²) in [6.45, 7) is 1.81. The molecule has 1 atom stereocenters. The number of aromatic nitrogens is 3. The van der Waals surface area contributed by atoms with Crippen LogP contribution in [-0.4, -0.2) is 46.9 Å². The quantitative estimate of drug-likeness (QED) is 0.485. The third-order valence-electron chi connectivity index (χ3n) is 4.40. The molecular formula is C19H22FN5O3S3. The van der Waals surface area contributed by atoms with E-state index >= 15 is 0 Å². The van der Waals surface area contributed by atoms with E-state index in [4.69, 9.17) is 0 Å². The molecule has 0 radical (unpaired) electrons. The molecule has 0 saturated heterocycles. The van der Waals surface area contributed by atoms with Crippen molar-refractivity contribution in [1.82, 2.24) is 19.3 Å². The number of thiazole rings is 1. The largest absolute Gasteiger partial charge is 0.333 e. The zero-order valence-electron chi connectivity index (χ0n) is 17.1. The molecule has 2 N–H and O–H groups in total. The lowest BCUT2D eigenvalue weighted by molar-refractivity contribution is -0.117. The van der Waals surface area contributed by atoms with Crippen molar-refractivity contribution in [3.8, 4) is 10.7 Å². The number of benzene rings is 1. The second kappa shape index (κ2) is 9.90. The number of carbonyl (C=O) groups excluding carboxylic acids is 1. The topological polar surface area (TPSA) is 106 Å². The van der Waals surface area contributed by atoms with Crippen LogP contribution in [0.2, 0.25) is 0 Å². The van der Waals surface area contributed by atoms with Crippen LogP contribution in [0.5, 0.6) is 0 Å². The standard InChI is InChI=1S/C19H22FN5O3S3/c1-12-16(17-21-9-10-25(17)2)30-19(22-12)23-18(26)14(8-11-29-3)24-31(27,28)15-7-5-4-6-13(15)20/h4-7,9-10,14,24H,8,11H2,1-3H3,(H,22,23,26). The van der Waals surface area contributed by atoms with E-state index in [1.165, 1.54) is 35.2 Å². The summed E-state index contributed by atoms with van der Waals surface area (Å²) in [5, 5.41) is 3.02. The lowest BCUT2D eigenvalue weighted by atomic mass is 10.2. The van der Waals surface area contributed by atoms with E-state index in [0.717, 1.165) is 22.8 Å². The van der Waals surface area contributed by atoms with Gasteiger partial charge >= 0.3 is 0 Å². The van der Waals surface area contributed by atoms with E-state index in [0.29, 0.717) is 16.6 Å². The van der Waals surface area contributed by atoms with Gasteiger partial charge in [-0.3, -0.25) is 4.79 Å². The number of imidazole rings is 1. The molecule has 166 valence electrons. The Kier molecular flexibility index (Phi) is 7.46. The van der Waals surface area contributed by atoms with Gasteiger partial charge in [0.25, 0.3) is 0 Å². The summed E-state index contributed by atoms with van der Waals surface area (Å²) in [5.74, 6) is -0.189. The number of hydrogen-bond donors (Lipinski definition) is 2. The normalized spacial score (nSPS) is 12.6. The molecule has 31 heavy (non-hydrogen) atoms. The van der Waals surface area contributed by atoms with Crippen LogP contribution in [0.15, 0.2) is 41.6 Å². The smallest absolute Gasteiger partial charge is 0.244 e. The maximum absolute atomic E-state index is 14.0. The van der Waals surface area contributed by atoms with Gasteiger partial charge < -0.3 is 9.88 Å². The van der Waals surface area contributed by atoms with Crippen LogP contribution < -0.4 is 10.0 Å². The molecule has 2 aromatic heterocycles. The molecule has 0 spiro atoms. The van der Waals surface area contributed by atoms with Crippen molar-refractivity contribution < 1.29 is 17.6 Å². The van der Waals surface area contributed by atoms with Gasteiger partial charge in [0.1, 0.15) is 16.8 Å². The number of thioether (sulfide) groups is 1. The van der Waals surface area contributed by atoms with Crippen molar-refractivity contribution in [2.24, 2.45) is 7.05 Å². The van der Waals surface area contributed by atoms with Crippen molar-refractivity contribution in [1.29, 1.82) is 0 Å². The first-order valence-electron chi connectivity index (χ1n) is 9.24. The summed E-state index contributed by atoms with van der Waals surface area (Å²) >= 11 is 2.72. The molecule has 0 aliphatic carbocycles. The molecule has 1 aromatic carbocycles. The van der Waals surface area contributed by atoms with E-state index < -0.39 is 32.7 Å². The number of hydrogen-bond acceptors (Lipinski definition) is 7. The fourth-order valence-corrected chi connectivity index (χ4v) is 5.62. The van der Waals surface area contributed by atoms with Crippen LogP contribution in [0.1, 0.15) is 12.1 Å². The highest BCUT2D eigenvalue weighted by atomic mass is 32.2. The molecule has 2 heterocycles. The van der Waals surface area contributed by atoms with Gasteiger partial charge in [0.05, 0.1) is 10.6 Å². The summed E-state index contributed by atoms with van der Waals surface area (Å²) in [6, 6.07) is 3.95. The Morgan fingerprint density at radius 2 is 2.10 bits per heavy atom. The van der Waals surface area contributed by atoms with E-state index in [2.05, 4.69) is 20.0 Å². The molecule has 0 saturated carbocycles. The van der Waals surface area contributed by atoms with Crippen LogP contribution in [-0.2, 0) is 21.9 Å². The number of nitrogens with one attached hydrogen (secondary N) is 2. The summed E-state index contributed by atoms with van der Waals surface area (Å²) in [5.41, 5.74) is 0.696. The van der Waals surface area contributed by atoms with Crippen molar-refractivity contribution in [2.45, 2.75) is 24.3 Å². The average Bonchev–Trinajstić information content (AvgIpc) is 3.29. The van der Waals surface area contributed by atoms with Crippen molar-refractivity contribution >= 4 is 44.2 Å². The molecule has 1 unspecified atom stereocenters. The third kappa shape index (κ3) is 5.50. The predicted molar refractivity (Wildman–Crippen MR) is 121 cm³/mol. The first kappa shape index (κ1) is 23.4. The minimum absolute atomic E-state index is 0.233. The second-order valence-corrected chi connectivity index (χ2v) is 10.3. The van der Waals surface area contributed by atoms with Crippen LogP contribution in [0.3, 0.4) is 0 Å². The third-order valence-corrected chi connectivity index (χ3v) is 7.62. The first-order chi connectivity index (χ1) is 14.7. The minimum atomic E-state index is -4.23. The molecule has 0 aliphatic heterocycles. The minimum Gasteiger partial charge on any atom is -0.333 e. The fraction of sp³-hybridized carbons (Fsp3) is 0.316. The van der Waals surface area contributed by atoms with Crippen LogP contribution in [0.4, 0.5) is 9.52 Å². The fourth-order valence-electron chi connectivity index (χ4n) is 2.83. The van der Waals surface area contributed by atoms with Gasteiger partial charge in [-0.25, -0.2) is 22.8 Å². The highest BCUT2D eigenvalue weighted by Crippen LogP contribution is 2.31. The van der Waals surface area contributed by atoms with E-state index in [1.54, 1.807) is 6.20 Å². The lowest BCUT2D eigenvalue weighted by Gasteiger charge is -2.17. The Hall–Kier alpha value is -2.28. The predicted octanol–water partition coefficient (Wildman–Crippen LogP) is 3.03. The average molecular weight is 484 g/mol. The van der Waals surface area contributed by atoms with Gasteiger partial charge in [0, 0.05) is 19.4 Å². The van der Waals surface area contributed by atoms with Gasteiger partial charge in [-0.1, -0.05) is 23.5 Å². The number of halogens is 1. The number of anilines is 1. The van der Waals surface area contributed by atoms with Crippen LogP contribution >= 0.6 is 23.1 Å². The van der Waals surface area contributed by atoms with Gasteiger partial charge in [0.15, 0.2) is 11.0 Å². The number of rotatable bonds is 9. The molecule has 8 nitrogen and oxygen atoms in total. The Morgan fingerprint density at radius 1 is 1.35 bits per heavy atom. The Bertz CT molecular complexity index is 1180. The number of carbonyl (C=O) groups is 1. The summed E-state index contributed by atoms with van der Waals surface area (Å²) in [7, 11) is -2.37. The number of nitrogens with zero attached hydrogens (tertiary/aromatic N) is 3. The van der Waals surface area contributed by atoms with E-state index in [9.17, 15) is 17.6 Å².